The Hall–Kier alpha value is -0.380. The molecule has 0 radical (unpaired) electrons. The topological polar surface area (TPSA) is 21.3 Å². The largest absolute Gasteiger partial charge is 0.370 e. The van der Waals surface area contributed by atoms with E-state index >= 15 is 0 Å². The van der Waals surface area contributed by atoms with Crippen LogP contribution in [-0.4, -0.2) is 18.2 Å². The minimum absolute atomic E-state index is 0.257. The number of nitrogens with one attached hydrogen (secondary N) is 1. The summed E-state index contributed by atoms with van der Waals surface area (Å²) in [6.07, 6.45) is 8.18. The minimum atomic E-state index is 0.257. The zero-order valence-corrected chi connectivity index (χ0v) is 13.8. The van der Waals surface area contributed by atoms with Gasteiger partial charge in [0, 0.05) is 17.1 Å². The van der Waals surface area contributed by atoms with Gasteiger partial charge in [0.1, 0.15) is 0 Å². The minimum Gasteiger partial charge on any atom is -0.370 e. The molecule has 1 aromatic carbocycles. The third-order valence-electron chi connectivity index (χ3n) is 4.88. The summed E-state index contributed by atoms with van der Waals surface area (Å²) in [5.41, 5.74) is 1.59. The highest BCUT2D eigenvalue weighted by molar-refractivity contribution is 9.10. The summed E-state index contributed by atoms with van der Waals surface area (Å²) in [4.78, 5) is 0. The SMILES string of the molecule is C[C@@H](NCC1CCC2(CCCC2)O1)c1ccc(Br)cc1. The van der Waals surface area contributed by atoms with Gasteiger partial charge in [-0.2, -0.15) is 0 Å². The molecular formula is C17H24BrNO. The lowest BCUT2D eigenvalue weighted by Crippen LogP contribution is -2.32. The third kappa shape index (κ3) is 3.26. The second-order valence-electron chi connectivity index (χ2n) is 6.35. The predicted octanol–water partition coefficient (Wildman–Crippen LogP) is 4.59. The van der Waals surface area contributed by atoms with Gasteiger partial charge >= 0.3 is 0 Å². The fourth-order valence-corrected chi connectivity index (χ4v) is 3.87. The second kappa shape index (κ2) is 6.17. The van der Waals surface area contributed by atoms with Crippen LogP contribution in [0.2, 0.25) is 0 Å². The molecule has 0 amide bonds. The van der Waals surface area contributed by atoms with E-state index in [0.29, 0.717) is 12.1 Å². The van der Waals surface area contributed by atoms with Gasteiger partial charge in [0.2, 0.25) is 0 Å². The summed E-state index contributed by atoms with van der Waals surface area (Å²) in [6, 6.07) is 8.94. The van der Waals surface area contributed by atoms with E-state index in [-0.39, 0.29) is 5.60 Å². The van der Waals surface area contributed by atoms with Gasteiger partial charge < -0.3 is 10.1 Å². The van der Waals surface area contributed by atoms with Crippen molar-refractivity contribution in [3.8, 4) is 0 Å². The monoisotopic (exact) mass is 337 g/mol. The van der Waals surface area contributed by atoms with Gasteiger partial charge in [0.05, 0.1) is 11.7 Å². The van der Waals surface area contributed by atoms with Crippen LogP contribution in [0.5, 0.6) is 0 Å². The number of rotatable bonds is 4. The predicted molar refractivity (Wildman–Crippen MR) is 85.9 cm³/mol. The quantitative estimate of drug-likeness (QED) is 0.867. The van der Waals surface area contributed by atoms with E-state index in [1.807, 2.05) is 0 Å². The van der Waals surface area contributed by atoms with Crippen molar-refractivity contribution < 1.29 is 4.74 Å². The Kier molecular flexibility index (Phi) is 4.49. The summed E-state index contributed by atoms with van der Waals surface area (Å²) >= 11 is 3.48. The van der Waals surface area contributed by atoms with E-state index < -0.39 is 0 Å². The Bertz CT molecular complexity index is 439. The summed E-state index contributed by atoms with van der Waals surface area (Å²) in [5.74, 6) is 0. The molecule has 2 aliphatic rings. The highest BCUT2D eigenvalue weighted by Crippen LogP contribution is 2.43. The molecule has 20 heavy (non-hydrogen) atoms. The van der Waals surface area contributed by atoms with Crippen molar-refractivity contribution in [1.82, 2.24) is 5.32 Å². The Morgan fingerprint density at radius 2 is 1.95 bits per heavy atom. The van der Waals surface area contributed by atoms with Gasteiger partial charge in [-0.3, -0.25) is 0 Å². The van der Waals surface area contributed by atoms with E-state index in [2.05, 4.69) is 52.4 Å². The molecule has 110 valence electrons. The molecule has 1 aliphatic heterocycles. The molecule has 1 heterocycles. The van der Waals surface area contributed by atoms with Crippen molar-refractivity contribution in [2.45, 2.75) is 63.2 Å². The summed E-state index contributed by atoms with van der Waals surface area (Å²) in [6.45, 7) is 3.20. The highest BCUT2D eigenvalue weighted by atomic mass is 79.9. The van der Waals surface area contributed by atoms with Crippen LogP contribution < -0.4 is 5.32 Å². The first-order valence-corrected chi connectivity index (χ1v) is 8.63. The average Bonchev–Trinajstić information content (AvgIpc) is 3.08. The van der Waals surface area contributed by atoms with Crippen molar-refractivity contribution in [2.75, 3.05) is 6.54 Å². The number of ether oxygens (including phenoxy) is 1. The average molecular weight is 338 g/mol. The molecule has 1 aliphatic carbocycles. The van der Waals surface area contributed by atoms with Crippen LogP contribution in [0.3, 0.4) is 0 Å². The molecule has 1 spiro atoms. The first kappa shape index (κ1) is 14.6. The smallest absolute Gasteiger partial charge is 0.0708 e. The maximum Gasteiger partial charge on any atom is 0.0708 e. The molecule has 0 aromatic heterocycles. The first-order chi connectivity index (χ1) is 9.67. The molecule has 3 rings (SSSR count). The van der Waals surface area contributed by atoms with Crippen LogP contribution >= 0.6 is 15.9 Å². The number of benzene rings is 1. The third-order valence-corrected chi connectivity index (χ3v) is 5.40. The molecule has 0 bridgehead atoms. The lowest BCUT2D eigenvalue weighted by atomic mass is 9.98. The molecule has 1 unspecified atom stereocenters. The van der Waals surface area contributed by atoms with Gasteiger partial charge in [0.25, 0.3) is 0 Å². The summed E-state index contributed by atoms with van der Waals surface area (Å²) in [7, 11) is 0. The van der Waals surface area contributed by atoms with Crippen molar-refractivity contribution >= 4 is 15.9 Å². The Balaban J connectivity index is 1.49. The molecule has 3 heteroatoms. The standard InChI is InChI=1S/C17H24BrNO/c1-13(14-4-6-15(18)7-5-14)19-12-16-8-11-17(20-16)9-2-3-10-17/h4-7,13,16,19H,2-3,8-12H2,1H3/t13-,16?/m1/s1. The fraction of sp³-hybridized carbons (Fsp3) is 0.647. The van der Waals surface area contributed by atoms with Crippen molar-refractivity contribution in [1.29, 1.82) is 0 Å². The molecule has 1 saturated carbocycles. The first-order valence-electron chi connectivity index (χ1n) is 7.84. The number of hydrogen-bond donors (Lipinski definition) is 1. The Morgan fingerprint density at radius 3 is 2.65 bits per heavy atom. The van der Waals surface area contributed by atoms with Crippen LogP contribution in [0.1, 0.15) is 57.1 Å². The number of halogens is 1. The van der Waals surface area contributed by atoms with Crippen LogP contribution in [-0.2, 0) is 4.74 Å². The van der Waals surface area contributed by atoms with E-state index in [9.17, 15) is 0 Å². The Labute approximate surface area is 130 Å². The normalized spacial score (nSPS) is 26.2. The maximum absolute atomic E-state index is 6.35. The van der Waals surface area contributed by atoms with Gasteiger partial charge in [-0.05, 0) is 50.3 Å². The van der Waals surface area contributed by atoms with Crippen LogP contribution in [0.25, 0.3) is 0 Å². The molecular weight excluding hydrogens is 314 g/mol. The molecule has 2 nitrogen and oxygen atoms in total. The zero-order valence-electron chi connectivity index (χ0n) is 12.2. The van der Waals surface area contributed by atoms with E-state index in [1.54, 1.807) is 0 Å². The maximum atomic E-state index is 6.35. The lowest BCUT2D eigenvalue weighted by molar-refractivity contribution is -0.0357. The fourth-order valence-electron chi connectivity index (χ4n) is 3.60. The molecule has 1 saturated heterocycles. The van der Waals surface area contributed by atoms with Gasteiger partial charge in [-0.1, -0.05) is 40.9 Å². The van der Waals surface area contributed by atoms with Gasteiger partial charge in [-0.25, -0.2) is 0 Å². The lowest BCUT2D eigenvalue weighted by Gasteiger charge is -2.24. The van der Waals surface area contributed by atoms with Crippen molar-refractivity contribution in [2.24, 2.45) is 0 Å². The molecule has 1 N–H and O–H groups in total. The van der Waals surface area contributed by atoms with Crippen LogP contribution in [0.15, 0.2) is 28.7 Å². The highest BCUT2D eigenvalue weighted by Gasteiger charge is 2.41. The summed E-state index contributed by atoms with van der Waals surface area (Å²) in [5, 5.41) is 3.63. The van der Waals surface area contributed by atoms with E-state index in [0.717, 1.165) is 11.0 Å². The van der Waals surface area contributed by atoms with Gasteiger partial charge in [-0.15, -0.1) is 0 Å². The molecule has 1 aromatic rings. The second-order valence-corrected chi connectivity index (χ2v) is 7.27. The van der Waals surface area contributed by atoms with E-state index in [4.69, 9.17) is 4.74 Å². The van der Waals surface area contributed by atoms with Crippen LogP contribution in [0, 0.1) is 0 Å². The van der Waals surface area contributed by atoms with Crippen molar-refractivity contribution in [3.63, 3.8) is 0 Å². The number of hydrogen-bond acceptors (Lipinski definition) is 2. The molecule has 2 atom stereocenters. The molecule has 2 fully saturated rings. The van der Waals surface area contributed by atoms with Crippen LogP contribution in [0.4, 0.5) is 0 Å². The van der Waals surface area contributed by atoms with E-state index in [1.165, 1.54) is 44.1 Å². The van der Waals surface area contributed by atoms with Gasteiger partial charge in [0.15, 0.2) is 0 Å². The zero-order chi connectivity index (χ0) is 14.0. The Morgan fingerprint density at radius 1 is 1.25 bits per heavy atom. The summed E-state index contributed by atoms with van der Waals surface area (Å²) < 4.78 is 7.48. The van der Waals surface area contributed by atoms with Crippen molar-refractivity contribution in [3.05, 3.63) is 34.3 Å².